The monoisotopic (exact) mass is 451 g/mol. The Bertz CT molecular complexity index is 673. The third-order valence-electron chi connectivity index (χ3n) is 7.22. The van der Waals surface area contributed by atoms with Crippen LogP contribution in [0.25, 0.3) is 0 Å². The summed E-state index contributed by atoms with van der Waals surface area (Å²) < 4.78 is 12.4. The van der Waals surface area contributed by atoms with Crippen LogP contribution in [0.3, 0.4) is 0 Å². The molecule has 8 heteroatoms. The van der Waals surface area contributed by atoms with Gasteiger partial charge in [0, 0.05) is 24.9 Å². The number of rotatable bonds is 7. The second kappa shape index (κ2) is 9.63. The van der Waals surface area contributed by atoms with Gasteiger partial charge in [-0.1, -0.05) is 6.42 Å². The smallest absolute Gasteiger partial charge is 0.403 e. The highest BCUT2D eigenvalue weighted by Gasteiger charge is 2.53. The number of carbonyl (C=O) groups is 2. The zero-order valence-corrected chi connectivity index (χ0v) is 22.1. The lowest BCUT2D eigenvalue weighted by Crippen LogP contribution is -2.68. The third-order valence-corrected chi connectivity index (χ3v) is 7.22. The summed E-state index contributed by atoms with van der Waals surface area (Å²) in [5.41, 5.74) is -1.97. The second-order valence-electron chi connectivity index (χ2n) is 12.2. The van der Waals surface area contributed by atoms with E-state index in [9.17, 15) is 9.59 Å². The van der Waals surface area contributed by atoms with Crippen LogP contribution in [0.5, 0.6) is 0 Å². The third kappa shape index (κ3) is 6.48. The fourth-order valence-electron chi connectivity index (χ4n) is 5.05. The van der Waals surface area contributed by atoms with Crippen molar-refractivity contribution in [2.45, 2.75) is 110 Å². The SMILES string of the molecule is CC(=O)NC1(C(=O)NC(C)(C)C)CC(CCB2OC(C)(C)C(C)(C)O2)CCC1CN(C)C. The molecule has 0 radical (unpaired) electrons. The van der Waals surface area contributed by atoms with Crippen molar-refractivity contribution in [1.29, 1.82) is 0 Å². The molecule has 184 valence electrons. The summed E-state index contributed by atoms with van der Waals surface area (Å²) >= 11 is 0. The fraction of sp³-hybridized carbons (Fsp3) is 0.917. The highest BCUT2D eigenvalue weighted by Crippen LogP contribution is 2.43. The predicted molar refractivity (Wildman–Crippen MR) is 129 cm³/mol. The first-order valence-corrected chi connectivity index (χ1v) is 12.1. The van der Waals surface area contributed by atoms with Crippen LogP contribution in [-0.4, -0.2) is 66.8 Å². The van der Waals surface area contributed by atoms with E-state index in [1.54, 1.807) is 0 Å². The highest BCUT2D eigenvalue weighted by molar-refractivity contribution is 6.45. The Balaban J connectivity index is 2.21. The average molecular weight is 451 g/mol. The molecule has 0 aromatic carbocycles. The Morgan fingerprint density at radius 2 is 1.62 bits per heavy atom. The Labute approximate surface area is 195 Å². The molecule has 32 heavy (non-hydrogen) atoms. The van der Waals surface area contributed by atoms with E-state index < -0.39 is 5.54 Å². The first kappa shape index (κ1) is 27.1. The van der Waals surface area contributed by atoms with Crippen LogP contribution in [0.2, 0.25) is 6.32 Å². The minimum atomic E-state index is -0.914. The maximum atomic E-state index is 13.6. The summed E-state index contributed by atoms with van der Waals surface area (Å²) in [6, 6.07) is 0. The van der Waals surface area contributed by atoms with Crippen molar-refractivity contribution in [2.24, 2.45) is 11.8 Å². The lowest BCUT2D eigenvalue weighted by Gasteiger charge is -2.48. The number of hydrogen-bond donors (Lipinski definition) is 2. The average Bonchev–Trinajstić information content (AvgIpc) is 2.79. The highest BCUT2D eigenvalue weighted by atomic mass is 16.7. The van der Waals surface area contributed by atoms with Crippen molar-refractivity contribution in [2.75, 3.05) is 20.6 Å². The number of nitrogens with one attached hydrogen (secondary N) is 2. The molecular weight excluding hydrogens is 405 g/mol. The molecule has 7 nitrogen and oxygen atoms in total. The van der Waals surface area contributed by atoms with E-state index in [4.69, 9.17) is 9.31 Å². The van der Waals surface area contributed by atoms with Crippen LogP contribution >= 0.6 is 0 Å². The van der Waals surface area contributed by atoms with Crippen LogP contribution < -0.4 is 10.6 Å². The summed E-state index contributed by atoms with van der Waals surface area (Å²) in [6.07, 6.45) is 4.24. The Morgan fingerprint density at radius 3 is 2.09 bits per heavy atom. The molecule has 1 saturated heterocycles. The quantitative estimate of drug-likeness (QED) is 0.581. The van der Waals surface area contributed by atoms with Crippen molar-refractivity contribution >= 4 is 18.9 Å². The van der Waals surface area contributed by atoms with Gasteiger partial charge in [0.1, 0.15) is 5.54 Å². The van der Waals surface area contributed by atoms with Crippen LogP contribution in [0.4, 0.5) is 0 Å². The largest absolute Gasteiger partial charge is 0.457 e. The van der Waals surface area contributed by atoms with Gasteiger partial charge in [-0.2, -0.15) is 0 Å². The van der Waals surface area contributed by atoms with Gasteiger partial charge in [-0.3, -0.25) is 9.59 Å². The van der Waals surface area contributed by atoms with Crippen molar-refractivity contribution < 1.29 is 18.9 Å². The van der Waals surface area contributed by atoms with Gasteiger partial charge in [0.25, 0.3) is 0 Å². The van der Waals surface area contributed by atoms with E-state index in [2.05, 4.69) is 43.2 Å². The first-order chi connectivity index (χ1) is 14.5. The minimum Gasteiger partial charge on any atom is -0.403 e. The first-order valence-electron chi connectivity index (χ1n) is 12.1. The van der Waals surface area contributed by atoms with E-state index in [0.29, 0.717) is 12.3 Å². The number of hydrogen-bond acceptors (Lipinski definition) is 5. The zero-order chi connectivity index (χ0) is 24.5. The molecule has 0 spiro atoms. The molecule has 1 heterocycles. The molecule has 2 fully saturated rings. The maximum Gasteiger partial charge on any atom is 0.457 e. The van der Waals surface area contributed by atoms with Crippen molar-refractivity contribution in [3.05, 3.63) is 0 Å². The lowest BCUT2D eigenvalue weighted by molar-refractivity contribution is -0.139. The normalized spacial score (nSPS) is 29.8. The summed E-state index contributed by atoms with van der Waals surface area (Å²) in [4.78, 5) is 28.0. The standard InChI is InChI=1S/C24H46BN3O4/c1-17(29)26-24(20(30)27-21(2,3)4)15-18(11-12-19(24)16-28(9)10)13-14-25-31-22(5,6)23(7,8)32-25/h18-19H,11-16H2,1-10H3,(H,26,29)(H,27,30). The Morgan fingerprint density at radius 1 is 1.06 bits per heavy atom. The number of carbonyl (C=O) groups excluding carboxylic acids is 2. The van der Waals surface area contributed by atoms with E-state index in [-0.39, 0.29) is 41.6 Å². The number of amides is 2. The number of nitrogens with zero attached hydrogens (tertiary/aromatic N) is 1. The van der Waals surface area contributed by atoms with Gasteiger partial charge in [-0.15, -0.1) is 0 Å². The van der Waals surface area contributed by atoms with Crippen molar-refractivity contribution in [3.8, 4) is 0 Å². The topological polar surface area (TPSA) is 79.9 Å². The van der Waals surface area contributed by atoms with Gasteiger partial charge < -0.3 is 24.8 Å². The van der Waals surface area contributed by atoms with Gasteiger partial charge in [0.15, 0.2) is 0 Å². The molecular formula is C24H46BN3O4. The molecule has 0 aromatic heterocycles. The van der Waals surface area contributed by atoms with E-state index in [1.807, 2.05) is 34.9 Å². The molecule has 0 aromatic rings. The molecule has 2 amide bonds. The van der Waals surface area contributed by atoms with Crippen molar-refractivity contribution in [1.82, 2.24) is 15.5 Å². The molecule has 1 aliphatic heterocycles. The molecule has 3 unspecified atom stereocenters. The fourth-order valence-corrected chi connectivity index (χ4v) is 5.05. The van der Waals surface area contributed by atoms with E-state index in [1.165, 1.54) is 6.92 Å². The second-order valence-corrected chi connectivity index (χ2v) is 12.2. The van der Waals surface area contributed by atoms with Crippen molar-refractivity contribution in [3.63, 3.8) is 0 Å². The molecule has 1 saturated carbocycles. The molecule has 0 bridgehead atoms. The Hall–Kier alpha value is -1.12. The van der Waals surface area contributed by atoms with Crippen LogP contribution in [-0.2, 0) is 18.9 Å². The van der Waals surface area contributed by atoms with Crippen LogP contribution in [0.15, 0.2) is 0 Å². The molecule has 2 rings (SSSR count). The van der Waals surface area contributed by atoms with Gasteiger partial charge in [0.2, 0.25) is 11.8 Å². The zero-order valence-electron chi connectivity index (χ0n) is 22.1. The molecule has 2 N–H and O–H groups in total. The van der Waals surface area contributed by atoms with E-state index >= 15 is 0 Å². The summed E-state index contributed by atoms with van der Waals surface area (Å²) in [6.45, 7) is 16.5. The maximum absolute atomic E-state index is 13.6. The molecule has 1 aliphatic carbocycles. The van der Waals surface area contributed by atoms with Gasteiger partial charge in [-0.25, -0.2) is 0 Å². The van der Waals surface area contributed by atoms with Crippen LogP contribution in [0, 0.1) is 11.8 Å². The predicted octanol–water partition coefficient (Wildman–Crippen LogP) is 3.24. The van der Waals surface area contributed by atoms with E-state index in [0.717, 1.165) is 32.1 Å². The summed E-state index contributed by atoms with van der Waals surface area (Å²) in [5.74, 6) is 0.124. The summed E-state index contributed by atoms with van der Waals surface area (Å²) in [7, 11) is 3.80. The van der Waals surface area contributed by atoms with Gasteiger partial charge in [0.05, 0.1) is 11.2 Å². The molecule has 2 aliphatic rings. The molecule has 3 atom stereocenters. The van der Waals surface area contributed by atoms with Crippen LogP contribution in [0.1, 0.15) is 81.1 Å². The lowest BCUT2D eigenvalue weighted by atomic mass is 9.64. The summed E-state index contributed by atoms with van der Waals surface area (Å²) in [5, 5.41) is 6.27. The van der Waals surface area contributed by atoms with Gasteiger partial charge >= 0.3 is 7.12 Å². The minimum absolute atomic E-state index is 0.0526. The Kier molecular flexibility index (Phi) is 8.16. The van der Waals surface area contributed by atoms with Gasteiger partial charge in [-0.05, 0) is 94.1 Å².